The third-order valence-electron chi connectivity index (χ3n) is 3.50. The van der Waals surface area contributed by atoms with Crippen LogP contribution in [0.5, 0.6) is 0 Å². The summed E-state index contributed by atoms with van der Waals surface area (Å²) in [5.41, 5.74) is 1.84. The molecule has 0 aliphatic rings. The SMILES string of the molecule is Cc1ccc2oc(C(=O)NCCCCCCC(=O)O)cc2c1. The second kappa shape index (κ2) is 7.64. The van der Waals surface area contributed by atoms with Crippen molar-refractivity contribution in [2.45, 2.75) is 39.0 Å². The summed E-state index contributed by atoms with van der Waals surface area (Å²) in [4.78, 5) is 22.4. The molecule has 0 atom stereocenters. The van der Waals surface area contributed by atoms with E-state index < -0.39 is 5.97 Å². The molecule has 0 spiro atoms. The van der Waals surface area contributed by atoms with Gasteiger partial charge in [-0.3, -0.25) is 9.59 Å². The number of unbranched alkanes of at least 4 members (excludes halogenated alkanes) is 3. The maximum atomic E-state index is 12.0. The number of carboxylic acids is 1. The van der Waals surface area contributed by atoms with Crippen LogP contribution in [0.15, 0.2) is 28.7 Å². The van der Waals surface area contributed by atoms with Gasteiger partial charge in [0.25, 0.3) is 5.91 Å². The van der Waals surface area contributed by atoms with E-state index in [0.29, 0.717) is 24.3 Å². The van der Waals surface area contributed by atoms with Crippen LogP contribution in [0.25, 0.3) is 11.0 Å². The summed E-state index contributed by atoms with van der Waals surface area (Å²) in [6.45, 7) is 2.57. The molecule has 0 fully saturated rings. The van der Waals surface area contributed by atoms with Crippen molar-refractivity contribution in [3.63, 3.8) is 0 Å². The van der Waals surface area contributed by atoms with E-state index in [1.807, 2.05) is 25.1 Å². The van der Waals surface area contributed by atoms with Crippen molar-refractivity contribution in [1.29, 1.82) is 0 Å². The highest BCUT2D eigenvalue weighted by atomic mass is 16.4. The fourth-order valence-corrected chi connectivity index (χ4v) is 2.32. The van der Waals surface area contributed by atoms with Crippen LogP contribution in [-0.2, 0) is 4.79 Å². The van der Waals surface area contributed by atoms with E-state index in [1.165, 1.54) is 0 Å². The van der Waals surface area contributed by atoms with E-state index in [-0.39, 0.29) is 12.3 Å². The number of aryl methyl sites for hydroxylation is 1. The Morgan fingerprint density at radius 1 is 1.14 bits per heavy atom. The van der Waals surface area contributed by atoms with Gasteiger partial charge in [0.2, 0.25) is 0 Å². The van der Waals surface area contributed by atoms with Gasteiger partial charge in [-0.2, -0.15) is 0 Å². The van der Waals surface area contributed by atoms with Crippen molar-refractivity contribution in [3.05, 3.63) is 35.6 Å². The van der Waals surface area contributed by atoms with Crippen molar-refractivity contribution in [1.82, 2.24) is 5.32 Å². The van der Waals surface area contributed by atoms with Crippen LogP contribution in [-0.4, -0.2) is 23.5 Å². The first-order chi connectivity index (χ1) is 10.6. The average Bonchev–Trinajstić information content (AvgIpc) is 2.88. The molecule has 2 N–H and O–H groups in total. The van der Waals surface area contributed by atoms with E-state index in [0.717, 1.165) is 30.2 Å². The van der Waals surface area contributed by atoms with E-state index in [2.05, 4.69) is 5.32 Å². The number of aliphatic carboxylic acids is 1. The van der Waals surface area contributed by atoms with E-state index in [9.17, 15) is 9.59 Å². The number of hydrogen-bond acceptors (Lipinski definition) is 3. The zero-order valence-electron chi connectivity index (χ0n) is 12.7. The lowest BCUT2D eigenvalue weighted by Gasteiger charge is -2.02. The third-order valence-corrected chi connectivity index (χ3v) is 3.50. The van der Waals surface area contributed by atoms with Crippen LogP contribution in [0.1, 0.15) is 48.2 Å². The normalized spacial score (nSPS) is 10.8. The van der Waals surface area contributed by atoms with Gasteiger partial charge in [-0.05, 0) is 38.0 Å². The molecule has 1 aromatic carbocycles. The Bertz CT molecular complexity index is 660. The standard InChI is InChI=1S/C17H21NO4/c1-12-7-8-14-13(10-12)11-15(22-14)17(21)18-9-5-3-2-4-6-16(19)20/h7-8,10-11H,2-6,9H2,1H3,(H,18,21)(H,19,20). The molecule has 0 aliphatic carbocycles. The summed E-state index contributed by atoms with van der Waals surface area (Å²) in [6.07, 6.45) is 3.51. The molecule has 1 amide bonds. The molecule has 0 radical (unpaired) electrons. The molecule has 0 saturated heterocycles. The molecule has 2 rings (SSSR count). The van der Waals surface area contributed by atoms with Crippen LogP contribution in [0.2, 0.25) is 0 Å². The topological polar surface area (TPSA) is 79.5 Å². The molecule has 118 valence electrons. The highest BCUT2D eigenvalue weighted by Gasteiger charge is 2.11. The summed E-state index contributed by atoms with van der Waals surface area (Å²) in [5, 5.41) is 12.3. The van der Waals surface area contributed by atoms with Crippen molar-refractivity contribution in [2.75, 3.05) is 6.54 Å². The Morgan fingerprint density at radius 3 is 2.68 bits per heavy atom. The summed E-state index contributed by atoms with van der Waals surface area (Å²) in [7, 11) is 0. The van der Waals surface area contributed by atoms with Crippen molar-refractivity contribution in [3.8, 4) is 0 Å². The summed E-state index contributed by atoms with van der Waals surface area (Å²) in [6, 6.07) is 7.55. The quantitative estimate of drug-likeness (QED) is 0.731. The van der Waals surface area contributed by atoms with Crippen molar-refractivity contribution < 1.29 is 19.1 Å². The van der Waals surface area contributed by atoms with Gasteiger partial charge in [0, 0.05) is 18.4 Å². The smallest absolute Gasteiger partial charge is 0.303 e. The monoisotopic (exact) mass is 303 g/mol. The summed E-state index contributed by atoms with van der Waals surface area (Å²) in [5.74, 6) is -0.640. The van der Waals surface area contributed by atoms with Crippen LogP contribution in [0.4, 0.5) is 0 Å². The third kappa shape index (κ3) is 4.62. The molecule has 5 nitrogen and oxygen atoms in total. The highest BCUT2D eigenvalue weighted by Crippen LogP contribution is 2.20. The average molecular weight is 303 g/mol. The fraction of sp³-hybridized carbons (Fsp3) is 0.412. The summed E-state index contributed by atoms with van der Waals surface area (Å²) >= 11 is 0. The number of carbonyl (C=O) groups is 2. The number of carboxylic acid groups (broad SMARTS) is 1. The number of carbonyl (C=O) groups excluding carboxylic acids is 1. The number of rotatable bonds is 8. The number of benzene rings is 1. The number of hydrogen-bond donors (Lipinski definition) is 2. The molecule has 1 heterocycles. The van der Waals surface area contributed by atoms with Gasteiger partial charge in [-0.1, -0.05) is 24.5 Å². The Hall–Kier alpha value is -2.30. The van der Waals surface area contributed by atoms with Gasteiger partial charge >= 0.3 is 5.97 Å². The number of nitrogens with one attached hydrogen (secondary N) is 1. The Labute approximate surface area is 129 Å². The molecule has 0 aliphatic heterocycles. The first-order valence-electron chi connectivity index (χ1n) is 7.56. The lowest BCUT2D eigenvalue weighted by Crippen LogP contribution is -2.23. The van der Waals surface area contributed by atoms with E-state index >= 15 is 0 Å². The van der Waals surface area contributed by atoms with Gasteiger partial charge in [0.05, 0.1) is 0 Å². The number of fused-ring (bicyclic) bond motifs is 1. The zero-order valence-corrected chi connectivity index (χ0v) is 12.7. The second-order valence-corrected chi connectivity index (χ2v) is 5.47. The Morgan fingerprint density at radius 2 is 1.91 bits per heavy atom. The molecule has 1 aromatic heterocycles. The van der Waals surface area contributed by atoms with Crippen LogP contribution in [0, 0.1) is 6.92 Å². The lowest BCUT2D eigenvalue weighted by atomic mass is 10.1. The van der Waals surface area contributed by atoms with Gasteiger partial charge < -0.3 is 14.8 Å². The molecule has 22 heavy (non-hydrogen) atoms. The maximum Gasteiger partial charge on any atom is 0.303 e. The molecular weight excluding hydrogens is 282 g/mol. The van der Waals surface area contributed by atoms with Crippen molar-refractivity contribution in [2.24, 2.45) is 0 Å². The lowest BCUT2D eigenvalue weighted by molar-refractivity contribution is -0.137. The van der Waals surface area contributed by atoms with Gasteiger partial charge in [0.1, 0.15) is 5.58 Å². The molecule has 2 aromatic rings. The number of furan rings is 1. The molecular formula is C17H21NO4. The minimum atomic E-state index is -0.756. The van der Waals surface area contributed by atoms with Crippen LogP contribution < -0.4 is 5.32 Å². The second-order valence-electron chi connectivity index (χ2n) is 5.47. The Balaban J connectivity index is 1.73. The predicted octanol–water partition coefficient (Wildman–Crippen LogP) is 3.51. The molecule has 0 bridgehead atoms. The van der Waals surface area contributed by atoms with Crippen LogP contribution >= 0.6 is 0 Å². The van der Waals surface area contributed by atoms with E-state index in [1.54, 1.807) is 6.07 Å². The van der Waals surface area contributed by atoms with Gasteiger partial charge in [-0.25, -0.2) is 0 Å². The van der Waals surface area contributed by atoms with Gasteiger partial charge in [-0.15, -0.1) is 0 Å². The van der Waals surface area contributed by atoms with E-state index in [4.69, 9.17) is 9.52 Å². The largest absolute Gasteiger partial charge is 0.481 e. The highest BCUT2D eigenvalue weighted by molar-refractivity contribution is 5.96. The van der Waals surface area contributed by atoms with Crippen LogP contribution in [0.3, 0.4) is 0 Å². The molecule has 0 unspecified atom stereocenters. The molecule has 5 heteroatoms. The first kappa shape index (κ1) is 16.1. The number of amides is 1. The predicted molar refractivity (Wildman–Crippen MR) is 84.0 cm³/mol. The molecule has 0 saturated carbocycles. The summed E-state index contributed by atoms with van der Waals surface area (Å²) < 4.78 is 5.53. The fourth-order valence-electron chi connectivity index (χ4n) is 2.32. The zero-order chi connectivity index (χ0) is 15.9. The van der Waals surface area contributed by atoms with Gasteiger partial charge in [0.15, 0.2) is 5.76 Å². The minimum absolute atomic E-state index is 0.209. The van der Waals surface area contributed by atoms with Crippen molar-refractivity contribution >= 4 is 22.8 Å². The first-order valence-corrected chi connectivity index (χ1v) is 7.56. The minimum Gasteiger partial charge on any atom is -0.481 e. The maximum absolute atomic E-state index is 12.0. The Kier molecular flexibility index (Phi) is 5.58.